The number of benzene rings is 3. The molecule has 2 aliphatic rings. The van der Waals surface area contributed by atoms with Crippen LogP contribution in [0.3, 0.4) is 0 Å². The summed E-state index contributed by atoms with van der Waals surface area (Å²) in [6, 6.07) is 12.6. The van der Waals surface area contributed by atoms with Crippen molar-refractivity contribution < 1.29 is 18.3 Å². The average Bonchev–Trinajstić information content (AvgIpc) is 3.01. The number of aromatic nitrogens is 2. The van der Waals surface area contributed by atoms with Crippen LogP contribution < -0.4 is 9.64 Å². The van der Waals surface area contributed by atoms with Crippen molar-refractivity contribution in [3.05, 3.63) is 82.0 Å². The molecule has 4 aromatic rings. The Kier molecular flexibility index (Phi) is 7.79. The number of allylic oxidation sites excluding steroid dienone is 2. The van der Waals surface area contributed by atoms with Crippen LogP contribution in [0, 0.1) is 5.82 Å². The van der Waals surface area contributed by atoms with Gasteiger partial charge in [0.15, 0.2) is 11.6 Å². The normalized spacial score (nSPS) is 15.8. The maximum atomic E-state index is 16.4. The third-order valence-corrected chi connectivity index (χ3v) is 8.00. The van der Waals surface area contributed by atoms with Gasteiger partial charge in [0.2, 0.25) is 0 Å². The van der Waals surface area contributed by atoms with Crippen molar-refractivity contribution in [1.29, 1.82) is 0 Å². The fraction of sp³-hybridized carbons (Fsp3) is 0.226. The zero-order chi connectivity index (χ0) is 29.4. The lowest BCUT2D eigenvalue weighted by atomic mass is 9.96. The fourth-order valence-corrected chi connectivity index (χ4v) is 5.91. The van der Waals surface area contributed by atoms with Crippen LogP contribution in [0.5, 0.6) is 6.01 Å². The molecule has 0 radical (unpaired) electrons. The minimum Gasteiger partial charge on any atom is -0.467 e. The first-order chi connectivity index (χ1) is 20.4. The molecule has 0 unspecified atom stereocenters. The van der Waals surface area contributed by atoms with E-state index in [9.17, 15) is 9.18 Å². The molecule has 1 saturated heterocycles. The molecule has 6 rings (SSSR count). The van der Waals surface area contributed by atoms with Crippen molar-refractivity contribution in [2.45, 2.75) is 12.8 Å². The number of rotatable bonds is 5. The van der Waals surface area contributed by atoms with E-state index in [-0.39, 0.29) is 35.2 Å². The molecule has 11 heteroatoms. The number of anilines is 1. The van der Waals surface area contributed by atoms with Crippen LogP contribution in [0.4, 0.5) is 14.6 Å². The molecule has 0 saturated carbocycles. The summed E-state index contributed by atoms with van der Waals surface area (Å²) in [5.74, 6) is -1.79. The number of carbonyl (C=O) groups excluding carboxylic acids is 1. The zero-order valence-corrected chi connectivity index (χ0v) is 24.1. The lowest BCUT2D eigenvalue weighted by molar-refractivity contribution is -0.129. The number of nitrogens with zero attached hydrogens (tertiary/aromatic N) is 5. The van der Waals surface area contributed by atoms with E-state index >= 15 is 4.39 Å². The highest BCUT2D eigenvalue weighted by Crippen LogP contribution is 2.42. The molecular weight excluding hydrogens is 583 g/mol. The molecule has 1 aromatic heterocycles. The summed E-state index contributed by atoms with van der Waals surface area (Å²) in [5, 5.41) is 2.56. The molecule has 0 N–H and O–H groups in total. The topological polar surface area (TPSA) is 70.9 Å². The van der Waals surface area contributed by atoms with Gasteiger partial charge in [-0.1, -0.05) is 59.6 Å². The Morgan fingerprint density at radius 2 is 1.79 bits per heavy atom. The Labute approximate surface area is 250 Å². The van der Waals surface area contributed by atoms with Crippen molar-refractivity contribution in [2.24, 2.45) is 4.99 Å². The van der Waals surface area contributed by atoms with Crippen molar-refractivity contribution in [3.8, 4) is 17.1 Å². The van der Waals surface area contributed by atoms with E-state index in [1.807, 2.05) is 29.2 Å². The van der Waals surface area contributed by atoms with Crippen molar-refractivity contribution >= 4 is 62.8 Å². The first-order valence-electron chi connectivity index (χ1n) is 13.4. The average molecular weight is 608 g/mol. The monoisotopic (exact) mass is 607 g/mol. The minimum absolute atomic E-state index is 0.0191. The maximum Gasteiger partial charge on any atom is 0.318 e. The SMILES string of the molecule is COc1nc(N2CCN(C(=O)/C(F)=C/C3=CCCC=N3)CC2)c2cc(Cl)c(-c3cccc4cccc(Cl)c34)c(F)c2n1. The van der Waals surface area contributed by atoms with Crippen LogP contribution in [0.25, 0.3) is 32.8 Å². The second-order valence-electron chi connectivity index (χ2n) is 9.91. The quantitative estimate of drug-likeness (QED) is 0.225. The molecule has 7 nitrogen and oxygen atoms in total. The van der Waals surface area contributed by atoms with Gasteiger partial charge in [0.1, 0.15) is 11.3 Å². The fourth-order valence-electron chi connectivity index (χ4n) is 5.33. The third-order valence-electron chi connectivity index (χ3n) is 7.38. The van der Waals surface area contributed by atoms with Crippen LogP contribution >= 0.6 is 23.2 Å². The number of ether oxygens (including phenoxy) is 1. The first-order valence-corrected chi connectivity index (χ1v) is 14.2. The number of hydrogen-bond acceptors (Lipinski definition) is 6. The molecule has 0 aliphatic carbocycles. The molecule has 42 heavy (non-hydrogen) atoms. The number of amides is 1. The van der Waals surface area contributed by atoms with Gasteiger partial charge in [-0.2, -0.15) is 9.97 Å². The van der Waals surface area contributed by atoms with E-state index in [0.717, 1.165) is 18.2 Å². The van der Waals surface area contributed by atoms with Crippen LogP contribution in [0.15, 0.2) is 71.1 Å². The van der Waals surface area contributed by atoms with E-state index < -0.39 is 17.6 Å². The van der Waals surface area contributed by atoms with Gasteiger partial charge in [-0.3, -0.25) is 9.79 Å². The molecule has 214 valence electrons. The number of aliphatic imine (C=N–C) groups is 1. The number of piperazine rings is 1. The molecule has 1 amide bonds. The summed E-state index contributed by atoms with van der Waals surface area (Å²) < 4.78 is 36.4. The lowest BCUT2D eigenvalue weighted by Gasteiger charge is -2.35. The Morgan fingerprint density at radius 3 is 2.50 bits per heavy atom. The van der Waals surface area contributed by atoms with Crippen LogP contribution in [-0.4, -0.2) is 60.3 Å². The minimum atomic E-state index is -0.863. The van der Waals surface area contributed by atoms with E-state index in [1.54, 1.807) is 30.5 Å². The maximum absolute atomic E-state index is 16.4. The van der Waals surface area contributed by atoms with E-state index in [1.165, 1.54) is 18.1 Å². The molecule has 0 bridgehead atoms. The summed E-state index contributed by atoms with van der Waals surface area (Å²) >= 11 is 13.3. The molecule has 2 aliphatic heterocycles. The lowest BCUT2D eigenvalue weighted by Crippen LogP contribution is -2.49. The molecule has 3 heterocycles. The Bertz CT molecular complexity index is 1810. The smallest absolute Gasteiger partial charge is 0.318 e. The standard InChI is InChI=1S/C31H25Cl2F2N5O2/c1-42-31-37-28-21(17-23(33)26(27(28)35)20-9-4-6-18-7-5-10-22(32)25(18)20)29(38-31)39-12-14-40(15-13-39)30(41)24(34)16-19-8-2-3-11-36-19/h4-11,16-17H,2-3,12-15H2,1H3/b24-16-. The Hall–Kier alpha value is -4.08. The van der Waals surface area contributed by atoms with Gasteiger partial charge < -0.3 is 14.5 Å². The zero-order valence-electron chi connectivity index (χ0n) is 22.6. The number of carbonyl (C=O) groups is 1. The summed E-state index contributed by atoms with van der Waals surface area (Å²) in [6.45, 7) is 1.13. The summed E-state index contributed by atoms with van der Waals surface area (Å²) in [5.41, 5.74) is 1.19. The predicted molar refractivity (Wildman–Crippen MR) is 163 cm³/mol. The highest BCUT2D eigenvalue weighted by molar-refractivity contribution is 6.38. The van der Waals surface area contributed by atoms with Gasteiger partial charge in [-0.25, -0.2) is 8.78 Å². The van der Waals surface area contributed by atoms with Gasteiger partial charge in [-0.05, 0) is 35.9 Å². The van der Waals surface area contributed by atoms with Crippen LogP contribution in [0.2, 0.25) is 10.0 Å². The molecule has 0 atom stereocenters. The Balaban J connectivity index is 1.34. The van der Waals surface area contributed by atoms with Gasteiger partial charge in [-0.15, -0.1) is 0 Å². The highest BCUT2D eigenvalue weighted by Gasteiger charge is 2.28. The summed E-state index contributed by atoms with van der Waals surface area (Å²) in [7, 11) is 1.40. The van der Waals surface area contributed by atoms with E-state index in [0.29, 0.717) is 46.0 Å². The van der Waals surface area contributed by atoms with Crippen molar-refractivity contribution in [2.75, 3.05) is 38.2 Å². The van der Waals surface area contributed by atoms with E-state index in [4.69, 9.17) is 27.9 Å². The number of methoxy groups -OCH3 is 1. The molecule has 3 aromatic carbocycles. The largest absolute Gasteiger partial charge is 0.467 e. The number of fused-ring (bicyclic) bond motifs is 2. The second kappa shape index (κ2) is 11.7. The van der Waals surface area contributed by atoms with Crippen LogP contribution in [-0.2, 0) is 4.79 Å². The van der Waals surface area contributed by atoms with Crippen LogP contribution in [0.1, 0.15) is 12.8 Å². The second-order valence-corrected chi connectivity index (χ2v) is 10.7. The first kappa shape index (κ1) is 28.1. The number of hydrogen-bond donors (Lipinski definition) is 0. The third kappa shape index (κ3) is 5.18. The van der Waals surface area contributed by atoms with Gasteiger partial charge >= 0.3 is 6.01 Å². The van der Waals surface area contributed by atoms with Gasteiger partial charge in [0, 0.05) is 59.8 Å². The summed E-state index contributed by atoms with van der Waals surface area (Å²) in [6.07, 6.45) is 6.22. The van der Waals surface area contributed by atoms with Crippen molar-refractivity contribution in [3.63, 3.8) is 0 Å². The number of halogens is 4. The summed E-state index contributed by atoms with van der Waals surface area (Å²) in [4.78, 5) is 29.1. The van der Waals surface area contributed by atoms with Gasteiger partial charge in [0.25, 0.3) is 5.91 Å². The molecule has 0 spiro atoms. The highest BCUT2D eigenvalue weighted by atomic mass is 35.5. The predicted octanol–water partition coefficient (Wildman–Crippen LogP) is 7.16. The Morgan fingerprint density at radius 1 is 1.02 bits per heavy atom. The van der Waals surface area contributed by atoms with Crippen molar-refractivity contribution in [1.82, 2.24) is 14.9 Å². The molecule has 1 fully saturated rings. The van der Waals surface area contributed by atoms with E-state index in [2.05, 4.69) is 15.0 Å². The molecular formula is C31H25Cl2F2N5O2. The van der Waals surface area contributed by atoms with Gasteiger partial charge in [0.05, 0.1) is 17.8 Å².